The van der Waals surface area contributed by atoms with Gasteiger partial charge in [0.25, 0.3) is 5.91 Å². The van der Waals surface area contributed by atoms with Crippen LogP contribution in [0.15, 0.2) is 12.1 Å². The van der Waals surface area contributed by atoms with Gasteiger partial charge in [-0.05, 0) is 18.6 Å². The normalized spacial score (nSPS) is 10.9. The monoisotopic (exact) mass is 393 g/mol. The third-order valence-corrected chi connectivity index (χ3v) is 5.15. The molecule has 0 unspecified atom stereocenters. The van der Waals surface area contributed by atoms with Gasteiger partial charge in [-0.15, -0.1) is 0 Å². The Morgan fingerprint density at radius 2 is 1.11 bits per heavy atom. The second-order valence-corrected chi connectivity index (χ2v) is 7.72. The predicted molar refractivity (Wildman–Crippen MR) is 114 cm³/mol. The van der Waals surface area contributed by atoms with Crippen molar-refractivity contribution in [2.45, 2.75) is 96.8 Å². The first kappa shape index (κ1) is 24.1. The zero-order chi connectivity index (χ0) is 20.6. The molecule has 0 fully saturated rings. The summed E-state index contributed by atoms with van der Waals surface area (Å²) in [5.41, 5.74) is 0.137. The van der Waals surface area contributed by atoms with Gasteiger partial charge in [-0.2, -0.15) is 0 Å². The summed E-state index contributed by atoms with van der Waals surface area (Å²) in [7, 11) is 0. The van der Waals surface area contributed by atoms with E-state index in [0.717, 1.165) is 25.0 Å². The van der Waals surface area contributed by atoms with Crippen LogP contribution in [-0.4, -0.2) is 27.8 Å². The average Bonchev–Trinajstić information content (AvgIpc) is 2.68. The molecule has 1 amide bonds. The van der Waals surface area contributed by atoms with Crippen LogP contribution in [-0.2, 0) is 0 Å². The lowest BCUT2D eigenvalue weighted by atomic mass is 10.0. The zero-order valence-electron chi connectivity index (χ0n) is 17.5. The fraction of sp³-hybridized carbons (Fsp3) is 0.696. The first-order valence-corrected chi connectivity index (χ1v) is 11.1. The number of hydrogen-bond donors (Lipinski definition) is 4. The van der Waals surface area contributed by atoms with Crippen molar-refractivity contribution in [1.82, 2.24) is 5.32 Å². The van der Waals surface area contributed by atoms with Gasteiger partial charge in [-0.1, -0.05) is 90.4 Å². The summed E-state index contributed by atoms with van der Waals surface area (Å²) in [6.45, 7) is 2.83. The van der Waals surface area contributed by atoms with Crippen LogP contribution in [0.25, 0.3) is 0 Å². The molecule has 0 heterocycles. The standard InChI is InChI=1S/C23H39NO4/c1-2-3-4-5-6-7-8-9-10-11-12-13-14-15-16-24-23(28)19-17-20(25)22(27)21(26)18-19/h17-18,25-27H,2-16H2,1H3,(H,24,28). The molecule has 5 nitrogen and oxygen atoms in total. The van der Waals surface area contributed by atoms with Gasteiger partial charge >= 0.3 is 0 Å². The molecule has 0 aliphatic carbocycles. The fourth-order valence-corrected chi connectivity index (χ4v) is 3.36. The highest BCUT2D eigenvalue weighted by atomic mass is 16.3. The van der Waals surface area contributed by atoms with E-state index in [0.29, 0.717) is 6.54 Å². The van der Waals surface area contributed by atoms with Crippen LogP contribution in [0.1, 0.15) is 107 Å². The molecule has 4 N–H and O–H groups in total. The Morgan fingerprint density at radius 1 is 0.714 bits per heavy atom. The molecular weight excluding hydrogens is 354 g/mol. The molecule has 0 aliphatic heterocycles. The van der Waals surface area contributed by atoms with Crippen LogP contribution in [0.5, 0.6) is 17.2 Å². The van der Waals surface area contributed by atoms with Crippen molar-refractivity contribution in [3.05, 3.63) is 17.7 Å². The lowest BCUT2D eigenvalue weighted by Gasteiger charge is -2.07. The third kappa shape index (κ3) is 10.4. The van der Waals surface area contributed by atoms with Crippen molar-refractivity contribution in [2.24, 2.45) is 0 Å². The Kier molecular flexibility index (Phi) is 13.0. The quantitative estimate of drug-likeness (QED) is 0.204. The number of carbonyl (C=O) groups is 1. The van der Waals surface area contributed by atoms with E-state index >= 15 is 0 Å². The van der Waals surface area contributed by atoms with Gasteiger partial charge in [0, 0.05) is 12.1 Å². The minimum Gasteiger partial charge on any atom is -0.504 e. The number of phenols is 3. The Hall–Kier alpha value is -1.91. The van der Waals surface area contributed by atoms with Crippen LogP contribution in [0, 0.1) is 0 Å². The molecule has 1 aromatic carbocycles. The lowest BCUT2D eigenvalue weighted by molar-refractivity contribution is 0.0952. The van der Waals surface area contributed by atoms with Crippen molar-refractivity contribution in [2.75, 3.05) is 6.54 Å². The molecule has 0 radical (unpaired) electrons. The Balaban J connectivity index is 1.93. The van der Waals surface area contributed by atoms with Crippen LogP contribution in [0.2, 0.25) is 0 Å². The topological polar surface area (TPSA) is 89.8 Å². The van der Waals surface area contributed by atoms with E-state index in [2.05, 4.69) is 12.2 Å². The van der Waals surface area contributed by atoms with Crippen LogP contribution in [0.3, 0.4) is 0 Å². The average molecular weight is 394 g/mol. The molecule has 0 spiro atoms. The molecule has 0 atom stereocenters. The van der Waals surface area contributed by atoms with E-state index < -0.39 is 17.2 Å². The summed E-state index contributed by atoms with van der Waals surface area (Å²) in [4.78, 5) is 12.0. The zero-order valence-corrected chi connectivity index (χ0v) is 17.5. The Bertz CT molecular complexity index is 537. The summed E-state index contributed by atoms with van der Waals surface area (Å²) in [5, 5.41) is 31.0. The third-order valence-electron chi connectivity index (χ3n) is 5.15. The van der Waals surface area contributed by atoms with E-state index in [1.165, 1.54) is 77.0 Å². The van der Waals surface area contributed by atoms with Crippen LogP contribution >= 0.6 is 0 Å². The molecule has 1 rings (SSSR count). The number of carbonyl (C=O) groups excluding carboxylic acids is 1. The Labute approximate surface area is 170 Å². The first-order valence-electron chi connectivity index (χ1n) is 11.1. The molecule has 28 heavy (non-hydrogen) atoms. The van der Waals surface area contributed by atoms with E-state index in [-0.39, 0.29) is 11.5 Å². The van der Waals surface area contributed by atoms with Gasteiger partial charge in [0.2, 0.25) is 0 Å². The number of benzene rings is 1. The van der Waals surface area contributed by atoms with Crippen LogP contribution in [0.4, 0.5) is 0 Å². The summed E-state index contributed by atoms with van der Waals surface area (Å²) in [5.74, 6) is -1.97. The molecule has 0 aliphatic rings. The van der Waals surface area contributed by atoms with Gasteiger partial charge in [0.1, 0.15) is 0 Å². The number of hydrogen-bond acceptors (Lipinski definition) is 4. The van der Waals surface area contributed by atoms with Crippen molar-refractivity contribution in [3.63, 3.8) is 0 Å². The molecule has 5 heteroatoms. The number of rotatable bonds is 16. The van der Waals surface area contributed by atoms with Crippen molar-refractivity contribution in [1.29, 1.82) is 0 Å². The molecule has 0 bridgehead atoms. The largest absolute Gasteiger partial charge is 0.504 e. The first-order chi connectivity index (χ1) is 13.6. The summed E-state index contributed by atoms with van der Waals surface area (Å²) < 4.78 is 0. The second kappa shape index (κ2) is 15.1. The van der Waals surface area contributed by atoms with E-state index in [1.807, 2.05) is 0 Å². The van der Waals surface area contributed by atoms with Gasteiger partial charge < -0.3 is 20.6 Å². The molecule has 0 aromatic heterocycles. The maximum absolute atomic E-state index is 12.0. The number of amides is 1. The summed E-state index contributed by atoms with van der Waals surface area (Å²) >= 11 is 0. The maximum atomic E-state index is 12.0. The maximum Gasteiger partial charge on any atom is 0.251 e. The van der Waals surface area contributed by atoms with Crippen molar-refractivity contribution < 1.29 is 20.1 Å². The van der Waals surface area contributed by atoms with Gasteiger partial charge in [0.15, 0.2) is 17.2 Å². The Morgan fingerprint density at radius 3 is 1.54 bits per heavy atom. The molecular formula is C23H39NO4. The van der Waals surface area contributed by atoms with Crippen molar-refractivity contribution >= 4 is 5.91 Å². The number of unbranched alkanes of at least 4 members (excludes halogenated alkanes) is 13. The minimum absolute atomic E-state index is 0.137. The van der Waals surface area contributed by atoms with Gasteiger partial charge in [-0.3, -0.25) is 4.79 Å². The second-order valence-electron chi connectivity index (χ2n) is 7.72. The van der Waals surface area contributed by atoms with Crippen LogP contribution < -0.4 is 5.32 Å². The summed E-state index contributed by atoms with van der Waals surface area (Å²) in [6.07, 6.45) is 18.1. The van der Waals surface area contributed by atoms with E-state index in [1.54, 1.807) is 0 Å². The van der Waals surface area contributed by atoms with E-state index in [9.17, 15) is 20.1 Å². The fourth-order valence-electron chi connectivity index (χ4n) is 3.36. The SMILES string of the molecule is CCCCCCCCCCCCCCCCNC(=O)c1cc(O)c(O)c(O)c1. The molecule has 0 saturated carbocycles. The number of nitrogens with one attached hydrogen (secondary N) is 1. The van der Waals surface area contributed by atoms with E-state index in [4.69, 9.17) is 0 Å². The summed E-state index contributed by atoms with van der Waals surface area (Å²) in [6, 6.07) is 2.30. The molecule has 1 aromatic rings. The highest BCUT2D eigenvalue weighted by molar-refractivity contribution is 5.95. The van der Waals surface area contributed by atoms with Gasteiger partial charge in [0.05, 0.1) is 0 Å². The number of phenolic OH excluding ortho intramolecular Hbond substituents is 3. The van der Waals surface area contributed by atoms with Gasteiger partial charge in [-0.25, -0.2) is 0 Å². The lowest BCUT2D eigenvalue weighted by Crippen LogP contribution is -2.24. The number of aromatic hydroxyl groups is 3. The highest BCUT2D eigenvalue weighted by Crippen LogP contribution is 2.35. The predicted octanol–water partition coefficient (Wildman–Crippen LogP) is 6.01. The van der Waals surface area contributed by atoms with Crippen molar-refractivity contribution in [3.8, 4) is 17.2 Å². The highest BCUT2D eigenvalue weighted by Gasteiger charge is 2.12. The molecule has 160 valence electrons. The molecule has 0 saturated heterocycles. The smallest absolute Gasteiger partial charge is 0.251 e. The minimum atomic E-state index is -0.608.